The first-order valence-electron chi connectivity index (χ1n) is 8.68. The predicted octanol–water partition coefficient (Wildman–Crippen LogP) is 4.79. The monoisotopic (exact) mass is 410 g/mol. The van der Waals surface area contributed by atoms with Crippen molar-refractivity contribution in [2.45, 2.75) is 5.37 Å². The molecule has 1 saturated heterocycles. The van der Waals surface area contributed by atoms with E-state index in [-0.39, 0.29) is 17.2 Å². The van der Waals surface area contributed by atoms with Crippen LogP contribution >= 0.6 is 23.1 Å². The molecule has 0 aliphatic carbocycles. The van der Waals surface area contributed by atoms with E-state index in [0.717, 1.165) is 17.0 Å². The van der Waals surface area contributed by atoms with Crippen LogP contribution in [0.15, 0.2) is 66.0 Å². The van der Waals surface area contributed by atoms with Crippen LogP contribution in [0.3, 0.4) is 0 Å². The average molecular weight is 411 g/mol. The molecule has 0 bridgehead atoms. The molecule has 142 valence electrons. The molecule has 2 aromatic carbocycles. The van der Waals surface area contributed by atoms with Gasteiger partial charge in [-0.1, -0.05) is 18.2 Å². The van der Waals surface area contributed by atoms with Gasteiger partial charge in [-0.25, -0.2) is 0 Å². The molecular formula is C21H18N2O3S2. The standard InChI is InChI=1S/C21H18N2O3S2/c1-26-17-9-7-16(8-10-17)23-19(24)13-28-21(23)14-4-2-5-15(12-14)22-20(25)18-6-3-11-27-18/h2-12,21H,13H2,1H3,(H,22,25)/t21-/m0/s1. The van der Waals surface area contributed by atoms with E-state index in [1.807, 2.05) is 60.0 Å². The molecular weight excluding hydrogens is 392 g/mol. The Morgan fingerprint density at radius 1 is 1.14 bits per heavy atom. The van der Waals surface area contributed by atoms with Gasteiger partial charge in [-0.15, -0.1) is 23.1 Å². The van der Waals surface area contributed by atoms with Crippen LogP contribution in [0.5, 0.6) is 5.75 Å². The Balaban J connectivity index is 1.58. The number of thioether (sulfide) groups is 1. The van der Waals surface area contributed by atoms with Gasteiger partial charge >= 0.3 is 0 Å². The van der Waals surface area contributed by atoms with Crippen LogP contribution < -0.4 is 15.0 Å². The van der Waals surface area contributed by atoms with E-state index in [1.54, 1.807) is 29.8 Å². The van der Waals surface area contributed by atoms with E-state index < -0.39 is 0 Å². The number of thiophene rings is 1. The van der Waals surface area contributed by atoms with Gasteiger partial charge in [0.25, 0.3) is 5.91 Å². The van der Waals surface area contributed by atoms with Crippen molar-refractivity contribution in [1.29, 1.82) is 0 Å². The van der Waals surface area contributed by atoms with Gasteiger partial charge in [0.1, 0.15) is 11.1 Å². The SMILES string of the molecule is COc1ccc(N2C(=O)CS[C@H]2c2cccc(NC(=O)c3cccs3)c2)cc1. The number of carbonyl (C=O) groups excluding carboxylic acids is 2. The summed E-state index contributed by atoms with van der Waals surface area (Å²) < 4.78 is 5.21. The minimum atomic E-state index is -0.139. The molecule has 0 spiro atoms. The van der Waals surface area contributed by atoms with Gasteiger partial charge in [0, 0.05) is 11.4 Å². The molecule has 1 atom stereocenters. The van der Waals surface area contributed by atoms with Crippen LogP contribution in [-0.4, -0.2) is 24.7 Å². The van der Waals surface area contributed by atoms with Gasteiger partial charge in [0.05, 0.1) is 17.7 Å². The number of methoxy groups -OCH3 is 1. The number of ether oxygens (including phenoxy) is 1. The molecule has 3 aromatic rings. The molecule has 1 aliphatic rings. The zero-order valence-electron chi connectivity index (χ0n) is 15.1. The van der Waals surface area contributed by atoms with E-state index in [0.29, 0.717) is 16.3 Å². The molecule has 0 radical (unpaired) electrons. The highest BCUT2D eigenvalue weighted by Gasteiger charge is 2.34. The first-order valence-corrected chi connectivity index (χ1v) is 10.6. The third-order valence-electron chi connectivity index (χ3n) is 4.39. The molecule has 7 heteroatoms. The minimum Gasteiger partial charge on any atom is -0.497 e. The second-order valence-electron chi connectivity index (χ2n) is 6.18. The number of anilines is 2. The van der Waals surface area contributed by atoms with Gasteiger partial charge in [0.15, 0.2) is 0 Å². The summed E-state index contributed by atoms with van der Waals surface area (Å²) in [7, 11) is 1.62. The summed E-state index contributed by atoms with van der Waals surface area (Å²) in [5.41, 5.74) is 2.51. The third-order valence-corrected chi connectivity index (χ3v) is 6.47. The van der Waals surface area contributed by atoms with Gasteiger partial charge in [-0.3, -0.25) is 14.5 Å². The number of amides is 2. The van der Waals surface area contributed by atoms with E-state index in [2.05, 4.69) is 5.32 Å². The number of nitrogens with one attached hydrogen (secondary N) is 1. The summed E-state index contributed by atoms with van der Waals surface area (Å²) in [6, 6.07) is 18.8. The quantitative estimate of drug-likeness (QED) is 0.657. The van der Waals surface area contributed by atoms with Crippen molar-refractivity contribution in [3.63, 3.8) is 0 Å². The lowest BCUT2D eigenvalue weighted by Gasteiger charge is -2.25. The zero-order chi connectivity index (χ0) is 19.5. The van der Waals surface area contributed by atoms with Crippen LogP contribution in [0.1, 0.15) is 20.6 Å². The van der Waals surface area contributed by atoms with Crippen molar-refractivity contribution >= 4 is 46.3 Å². The van der Waals surface area contributed by atoms with Crippen molar-refractivity contribution in [1.82, 2.24) is 0 Å². The van der Waals surface area contributed by atoms with E-state index in [4.69, 9.17) is 4.74 Å². The lowest BCUT2D eigenvalue weighted by atomic mass is 10.1. The van der Waals surface area contributed by atoms with Crippen molar-refractivity contribution in [3.8, 4) is 5.75 Å². The Morgan fingerprint density at radius 2 is 1.96 bits per heavy atom. The van der Waals surface area contributed by atoms with E-state index in [9.17, 15) is 9.59 Å². The van der Waals surface area contributed by atoms with Crippen LogP contribution in [0.25, 0.3) is 0 Å². The lowest BCUT2D eigenvalue weighted by Crippen LogP contribution is -2.27. The molecule has 1 fully saturated rings. The maximum absolute atomic E-state index is 12.5. The number of nitrogens with zero attached hydrogens (tertiary/aromatic N) is 1. The summed E-state index contributed by atoms with van der Waals surface area (Å²) in [6.45, 7) is 0. The van der Waals surface area contributed by atoms with Crippen molar-refractivity contribution < 1.29 is 14.3 Å². The summed E-state index contributed by atoms with van der Waals surface area (Å²) >= 11 is 2.98. The molecule has 0 saturated carbocycles. The molecule has 1 N–H and O–H groups in total. The molecule has 5 nitrogen and oxygen atoms in total. The van der Waals surface area contributed by atoms with E-state index in [1.165, 1.54) is 11.3 Å². The first-order chi connectivity index (χ1) is 13.7. The normalized spacial score (nSPS) is 16.2. The Morgan fingerprint density at radius 3 is 2.68 bits per heavy atom. The fraction of sp³-hybridized carbons (Fsp3) is 0.143. The van der Waals surface area contributed by atoms with Crippen LogP contribution in [0.4, 0.5) is 11.4 Å². The highest BCUT2D eigenvalue weighted by atomic mass is 32.2. The van der Waals surface area contributed by atoms with Gasteiger partial charge in [0.2, 0.25) is 5.91 Å². The Bertz CT molecular complexity index is 987. The lowest BCUT2D eigenvalue weighted by molar-refractivity contribution is -0.115. The molecule has 1 aromatic heterocycles. The number of carbonyl (C=O) groups is 2. The van der Waals surface area contributed by atoms with Crippen molar-refractivity contribution in [3.05, 3.63) is 76.5 Å². The second kappa shape index (κ2) is 8.08. The average Bonchev–Trinajstić information content (AvgIpc) is 3.38. The summed E-state index contributed by atoms with van der Waals surface area (Å²) in [5, 5.41) is 4.67. The smallest absolute Gasteiger partial charge is 0.265 e. The summed E-state index contributed by atoms with van der Waals surface area (Å²) in [5.74, 6) is 1.10. The largest absolute Gasteiger partial charge is 0.497 e. The van der Waals surface area contributed by atoms with Crippen LogP contribution in [-0.2, 0) is 4.79 Å². The number of rotatable bonds is 5. The molecule has 2 heterocycles. The fourth-order valence-electron chi connectivity index (χ4n) is 3.06. The van der Waals surface area contributed by atoms with Crippen molar-refractivity contribution in [2.24, 2.45) is 0 Å². The van der Waals surface area contributed by atoms with E-state index >= 15 is 0 Å². The van der Waals surface area contributed by atoms with Crippen LogP contribution in [0.2, 0.25) is 0 Å². The molecule has 28 heavy (non-hydrogen) atoms. The summed E-state index contributed by atoms with van der Waals surface area (Å²) in [6.07, 6.45) is 0. The maximum Gasteiger partial charge on any atom is 0.265 e. The van der Waals surface area contributed by atoms with Gasteiger partial charge in [-0.2, -0.15) is 0 Å². The minimum absolute atomic E-state index is 0.0631. The Kier molecular flexibility index (Phi) is 5.36. The van der Waals surface area contributed by atoms with Gasteiger partial charge in [-0.05, 0) is 53.4 Å². The van der Waals surface area contributed by atoms with Crippen LogP contribution in [0, 0.1) is 0 Å². The first kappa shape index (κ1) is 18.6. The number of hydrogen-bond acceptors (Lipinski definition) is 5. The molecule has 0 unspecified atom stereocenters. The zero-order valence-corrected chi connectivity index (χ0v) is 16.8. The molecule has 4 rings (SSSR count). The highest BCUT2D eigenvalue weighted by molar-refractivity contribution is 8.00. The number of hydrogen-bond donors (Lipinski definition) is 1. The fourth-order valence-corrected chi connectivity index (χ4v) is 4.85. The Labute approximate surface area is 171 Å². The third kappa shape index (κ3) is 3.76. The predicted molar refractivity (Wildman–Crippen MR) is 114 cm³/mol. The molecule has 2 amide bonds. The second-order valence-corrected chi connectivity index (χ2v) is 8.20. The highest BCUT2D eigenvalue weighted by Crippen LogP contribution is 2.42. The number of benzene rings is 2. The maximum atomic E-state index is 12.5. The van der Waals surface area contributed by atoms with Crippen molar-refractivity contribution in [2.75, 3.05) is 23.1 Å². The summed E-state index contributed by atoms with van der Waals surface area (Å²) in [4.78, 5) is 27.3. The molecule has 1 aliphatic heterocycles. The van der Waals surface area contributed by atoms with Gasteiger partial charge < -0.3 is 10.1 Å². The Hall–Kier alpha value is -2.77. The topological polar surface area (TPSA) is 58.6 Å².